The van der Waals surface area contributed by atoms with Crippen molar-refractivity contribution in [3.05, 3.63) is 23.3 Å². The van der Waals surface area contributed by atoms with Crippen LogP contribution in [0.15, 0.2) is 6.20 Å². The van der Waals surface area contributed by atoms with E-state index in [0.717, 1.165) is 40.8 Å². The monoisotopic (exact) mass is 257 g/mol. The van der Waals surface area contributed by atoms with Crippen LogP contribution in [0.3, 0.4) is 0 Å². The Morgan fingerprint density at radius 1 is 1.11 bits per heavy atom. The van der Waals surface area contributed by atoms with Crippen LogP contribution in [0.5, 0.6) is 0 Å². The fraction of sp³-hybridized carbons (Fsp3) is 0.750. The standard InChI is InChI=1S/C16H23N3/c1-9-8-18-16(19-14(9)7-17)15-12-3-10-2-11(5-12)6-13(15)4-10/h8,10-13,15H,2-7,17H2,1H3. The Kier molecular flexibility index (Phi) is 2.66. The second kappa shape index (κ2) is 4.27. The molecule has 1 aromatic rings. The molecule has 0 spiro atoms. The highest BCUT2D eigenvalue weighted by Gasteiger charge is 2.49. The maximum atomic E-state index is 5.80. The van der Waals surface area contributed by atoms with E-state index in [9.17, 15) is 0 Å². The van der Waals surface area contributed by atoms with Gasteiger partial charge in [0, 0.05) is 18.7 Å². The molecule has 1 heterocycles. The zero-order valence-corrected chi connectivity index (χ0v) is 11.7. The molecule has 0 amide bonds. The van der Waals surface area contributed by atoms with Crippen LogP contribution in [-0.2, 0) is 6.54 Å². The molecule has 0 radical (unpaired) electrons. The Hall–Kier alpha value is -0.960. The molecule has 0 aliphatic heterocycles. The summed E-state index contributed by atoms with van der Waals surface area (Å²) in [5, 5.41) is 0. The Morgan fingerprint density at radius 3 is 2.32 bits per heavy atom. The van der Waals surface area contributed by atoms with Gasteiger partial charge in [-0.2, -0.15) is 0 Å². The maximum Gasteiger partial charge on any atom is 0.132 e. The molecule has 3 nitrogen and oxygen atoms in total. The molecule has 0 aromatic carbocycles. The van der Waals surface area contributed by atoms with Gasteiger partial charge in [0.1, 0.15) is 5.82 Å². The largest absolute Gasteiger partial charge is 0.325 e. The summed E-state index contributed by atoms with van der Waals surface area (Å²) in [5.41, 5.74) is 7.98. The minimum absolute atomic E-state index is 0.536. The van der Waals surface area contributed by atoms with E-state index in [-0.39, 0.29) is 0 Å². The normalized spacial score (nSPS) is 39.8. The van der Waals surface area contributed by atoms with Crippen LogP contribution in [0.4, 0.5) is 0 Å². The van der Waals surface area contributed by atoms with Gasteiger partial charge >= 0.3 is 0 Å². The smallest absolute Gasteiger partial charge is 0.132 e. The third-order valence-corrected chi connectivity index (χ3v) is 5.81. The van der Waals surface area contributed by atoms with E-state index in [1.807, 2.05) is 6.20 Å². The van der Waals surface area contributed by atoms with Gasteiger partial charge in [0.05, 0.1) is 5.69 Å². The van der Waals surface area contributed by atoms with Crippen molar-refractivity contribution in [3.8, 4) is 0 Å². The van der Waals surface area contributed by atoms with Crippen LogP contribution in [0.1, 0.15) is 55.1 Å². The summed E-state index contributed by atoms with van der Waals surface area (Å²) in [7, 11) is 0. The highest BCUT2D eigenvalue weighted by atomic mass is 14.9. The Morgan fingerprint density at radius 2 is 1.74 bits per heavy atom. The molecule has 4 saturated carbocycles. The van der Waals surface area contributed by atoms with E-state index >= 15 is 0 Å². The molecule has 2 N–H and O–H groups in total. The Balaban J connectivity index is 1.69. The maximum absolute atomic E-state index is 5.80. The summed E-state index contributed by atoms with van der Waals surface area (Å²) >= 11 is 0. The van der Waals surface area contributed by atoms with Crippen molar-refractivity contribution in [3.63, 3.8) is 0 Å². The fourth-order valence-electron chi connectivity index (χ4n) is 5.21. The lowest BCUT2D eigenvalue weighted by atomic mass is 9.51. The molecule has 19 heavy (non-hydrogen) atoms. The molecule has 5 rings (SSSR count). The summed E-state index contributed by atoms with van der Waals surface area (Å²) in [5.74, 6) is 5.45. The summed E-state index contributed by atoms with van der Waals surface area (Å²) in [6, 6.07) is 0. The van der Waals surface area contributed by atoms with Crippen LogP contribution in [0, 0.1) is 30.6 Å². The predicted molar refractivity (Wildman–Crippen MR) is 74.4 cm³/mol. The lowest BCUT2D eigenvalue weighted by Crippen LogP contribution is -2.44. The molecule has 4 aliphatic carbocycles. The summed E-state index contributed by atoms with van der Waals surface area (Å²) in [6.45, 7) is 2.59. The van der Waals surface area contributed by atoms with Crippen molar-refractivity contribution in [1.82, 2.24) is 9.97 Å². The molecular weight excluding hydrogens is 234 g/mol. The summed E-state index contributed by atoms with van der Waals surface area (Å²) < 4.78 is 0. The molecule has 0 saturated heterocycles. The van der Waals surface area contributed by atoms with Gasteiger partial charge in [-0.25, -0.2) is 9.97 Å². The van der Waals surface area contributed by atoms with Gasteiger partial charge in [-0.05, 0) is 68.3 Å². The number of nitrogens with zero attached hydrogens (tertiary/aromatic N) is 2. The Bertz CT molecular complexity index is 469. The molecule has 4 bridgehead atoms. The number of hydrogen-bond acceptors (Lipinski definition) is 3. The fourth-order valence-corrected chi connectivity index (χ4v) is 5.21. The molecule has 102 valence electrons. The van der Waals surface area contributed by atoms with E-state index in [0.29, 0.717) is 12.5 Å². The number of hydrogen-bond donors (Lipinski definition) is 1. The minimum atomic E-state index is 0.536. The van der Waals surface area contributed by atoms with Crippen LogP contribution in [-0.4, -0.2) is 9.97 Å². The van der Waals surface area contributed by atoms with Gasteiger partial charge in [0.25, 0.3) is 0 Å². The average Bonchev–Trinajstić information content (AvgIpc) is 2.39. The van der Waals surface area contributed by atoms with Crippen LogP contribution in [0.25, 0.3) is 0 Å². The van der Waals surface area contributed by atoms with Crippen LogP contribution in [0.2, 0.25) is 0 Å². The van der Waals surface area contributed by atoms with E-state index in [1.165, 1.54) is 32.1 Å². The highest BCUT2D eigenvalue weighted by molar-refractivity contribution is 5.19. The molecule has 0 unspecified atom stereocenters. The summed E-state index contributed by atoms with van der Waals surface area (Å²) in [6.07, 6.45) is 9.18. The van der Waals surface area contributed by atoms with Gasteiger partial charge in [-0.3, -0.25) is 0 Å². The zero-order valence-electron chi connectivity index (χ0n) is 11.7. The Labute approximate surface area is 115 Å². The number of rotatable bonds is 2. The molecule has 1 aromatic heterocycles. The number of aryl methyl sites for hydroxylation is 1. The second-order valence-corrected chi connectivity index (χ2v) is 7.02. The van der Waals surface area contributed by atoms with E-state index in [4.69, 9.17) is 10.7 Å². The van der Waals surface area contributed by atoms with E-state index in [1.54, 1.807) is 0 Å². The van der Waals surface area contributed by atoms with Crippen molar-refractivity contribution in [1.29, 1.82) is 0 Å². The van der Waals surface area contributed by atoms with Gasteiger partial charge in [0.2, 0.25) is 0 Å². The highest BCUT2D eigenvalue weighted by Crippen LogP contribution is 2.59. The van der Waals surface area contributed by atoms with Crippen molar-refractivity contribution in [2.45, 2.75) is 51.5 Å². The molecular formula is C16H23N3. The first-order valence-electron chi connectivity index (χ1n) is 7.77. The predicted octanol–water partition coefficient (Wildman–Crippen LogP) is 2.78. The van der Waals surface area contributed by atoms with Gasteiger partial charge in [-0.15, -0.1) is 0 Å². The topological polar surface area (TPSA) is 51.8 Å². The first-order valence-corrected chi connectivity index (χ1v) is 7.77. The molecule has 4 fully saturated rings. The van der Waals surface area contributed by atoms with E-state index < -0.39 is 0 Å². The lowest BCUT2D eigenvalue weighted by molar-refractivity contribution is -0.00573. The first kappa shape index (κ1) is 11.8. The van der Waals surface area contributed by atoms with Crippen molar-refractivity contribution in [2.75, 3.05) is 0 Å². The van der Waals surface area contributed by atoms with Crippen molar-refractivity contribution >= 4 is 0 Å². The number of nitrogens with two attached hydrogens (primary N) is 1. The lowest BCUT2D eigenvalue weighted by Gasteiger charge is -2.53. The van der Waals surface area contributed by atoms with E-state index in [2.05, 4.69) is 11.9 Å². The van der Waals surface area contributed by atoms with Crippen molar-refractivity contribution in [2.24, 2.45) is 29.4 Å². The van der Waals surface area contributed by atoms with Gasteiger partial charge in [-0.1, -0.05) is 0 Å². The molecule has 3 heteroatoms. The van der Waals surface area contributed by atoms with Gasteiger partial charge < -0.3 is 5.73 Å². The van der Waals surface area contributed by atoms with Crippen molar-refractivity contribution < 1.29 is 0 Å². The van der Waals surface area contributed by atoms with Crippen LogP contribution < -0.4 is 5.73 Å². The quantitative estimate of drug-likeness (QED) is 0.886. The molecule has 0 atom stereocenters. The van der Waals surface area contributed by atoms with Crippen LogP contribution >= 0.6 is 0 Å². The zero-order chi connectivity index (χ0) is 13.0. The molecule has 4 aliphatic rings. The first-order chi connectivity index (χ1) is 9.24. The minimum Gasteiger partial charge on any atom is -0.325 e. The van der Waals surface area contributed by atoms with Gasteiger partial charge in [0.15, 0.2) is 0 Å². The SMILES string of the molecule is Cc1cnc(C2C3CC4CC(C3)CC2C4)nc1CN. The third kappa shape index (κ3) is 1.82. The third-order valence-electron chi connectivity index (χ3n) is 5.81. The average molecular weight is 257 g/mol. The second-order valence-electron chi connectivity index (χ2n) is 7.02. The summed E-state index contributed by atoms with van der Waals surface area (Å²) in [4.78, 5) is 9.47. The number of aromatic nitrogens is 2.